The van der Waals surface area contributed by atoms with Crippen LogP contribution in [0.1, 0.15) is 27.1 Å². The summed E-state index contributed by atoms with van der Waals surface area (Å²) in [5.41, 5.74) is 0.755. The lowest BCUT2D eigenvalue weighted by atomic mass is 10.1. The number of benzene rings is 1. The van der Waals surface area contributed by atoms with Crippen molar-refractivity contribution in [2.45, 2.75) is 6.42 Å². The van der Waals surface area contributed by atoms with Gasteiger partial charge in [0.25, 0.3) is 11.8 Å². The molecule has 2 N–H and O–H groups in total. The number of ether oxygens (including phenoxy) is 1. The van der Waals surface area contributed by atoms with Crippen LogP contribution in [-0.2, 0) is 9.53 Å². The van der Waals surface area contributed by atoms with Gasteiger partial charge in [0, 0.05) is 17.6 Å². The highest BCUT2D eigenvalue weighted by molar-refractivity contribution is 9.10. The second kappa shape index (κ2) is 7.91. The molecule has 8 nitrogen and oxygen atoms in total. The molecule has 4 amide bonds. The molecule has 1 aliphatic rings. The van der Waals surface area contributed by atoms with Crippen LogP contribution in [0.5, 0.6) is 0 Å². The van der Waals surface area contributed by atoms with E-state index >= 15 is 0 Å². The summed E-state index contributed by atoms with van der Waals surface area (Å²) in [6, 6.07) is 4.42. The molecule has 1 heterocycles. The average molecular weight is 398 g/mol. The number of fused-ring (bicyclic) bond motifs is 1. The van der Waals surface area contributed by atoms with Gasteiger partial charge in [0.1, 0.15) is 6.54 Å². The molecule has 0 fully saturated rings. The van der Waals surface area contributed by atoms with Crippen LogP contribution in [0.3, 0.4) is 0 Å². The van der Waals surface area contributed by atoms with Gasteiger partial charge in [-0.3, -0.25) is 19.3 Å². The molecular weight excluding hydrogens is 382 g/mol. The van der Waals surface area contributed by atoms with Crippen molar-refractivity contribution >= 4 is 39.7 Å². The lowest BCUT2D eigenvalue weighted by Gasteiger charge is -2.14. The van der Waals surface area contributed by atoms with Gasteiger partial charge >= 0.3 is 12.0 Å². The second-order valence-corrected chi connectivity index (χ2v) is 5.91. The van der Waals surface area contributed by atoms with Crippen LogP contribution in [0, 0.1) is 0 Å². The van der Waals surface area contributed by atoms with Crippen LogP contribution in [-0.4, -0.2) is 55.5 Å². The number of nitrogens with one attached hydrogen (secondary N) is 2. The molecule has 24 heavy (non-hydrogen) atoms. The number of carbonyl (C=O) groups is 4. The van der Waals surface area contributed by atoms with Gasteiger partial charge in [-0.25, -0.2) is 4.79 Å². The zero-order valence-electron chi connectivity index (χ0n) is 12.9. The van der Waals surface area contributed by atoms with Gasteiger partial charge in [0.2, 0.25) is 0 Å². The minimum absolute atomic E-state index is 0.196. The predicted octanol–water partition coefficient (Wildman–Crippen LogP) is 0.907. The van der Waals surface area contributed by atoms with Crippen molar-refractivity contribution in [3.63, 3.8) is 0 Å². The molecule has 2 rings (SSSR count). The largest absolute Gasteiger partial charge is 0.468 e. The summed E-state index contributed by atoms with van der Waals surface area (Å²) in [4.78, 5) is 47.9. The van der Waals surface area contributed by atoms with Gasteiger partial charge in [0.05, 0.1) is 18.2 Å². The van der Waals surface area contributed by atoms with Gasteiger partial charge in [-0.05, 0) is 24.6 Å². The van der Waals surface area contributed by atoms with E-state index in [0.29, 0.717) is 17.5 Å². The molecule has 0 saturated heterocycles. The molecule has 0 bridgehead atoms. The highest BCUT2D eigenvalue weighted by atomic mass is 79.9. The van der Waals surface area contributed by atoms with Crippen molar-refractivity contribution in [3.05, 3.63) is 33.8 Å². The van der Waals surface area contributed by atoms with Crippen molar-refractivity contribution in [1.82, 2.24) is 15.5 Å². The first-order valence-corrected chi connectivity index (χ1v) is 7.97. The first-order chi connectivity index (χ1) is 11.4. The van der Waals surface area contributed by atoms with Crippen LogP contribution in [0.25, 0.3) is 0 Å². The lowest BCUT2D eigenvalue weighted by Crippen LogP contribution is -2.40. The molecule has 0 aromatic heterocycles. The lowest BCUT2D eigenvalue weighted by molar-refractivity contribution is -0.139. The maximum absolute atomic E-state index is 12.2. The molecule has 1 aliphatic heterocycles. The summed E-state index contributed by atoms with van der Waals surface area (Å²) in [5.74, 6) is -1.23. The summed E-state index contributed by atoms with van der Waals surface area (Å²) < 4.78 is 5.12. The fraction of sp³-hybridized carbons (Fsp3) is 0.333. The molecule has 0 spiro atoms. The van der Waals surface area contributed by atoms with E-state index in [1.165, 1.54) is 7.11 Å². The molecule has 0 saturated carbocycles. The van der Waals surface area contributed by atoms with Crippen molar-refractivity contribution in [2.24, 2.45) is 0 Å². The highest BCUT2D eigenvalue weighted by Crippen LogP contribution is 2.25. The van der Waals surface area contributed by atoms with E-state index in [9.17, 15) is 19.2 Å². The number of imide groups is 1. The number of carbonyl (C=O) groups excluding carboxylic acids is 4. The predicted molar refractivity (Wildman–Crippen MR) is 87.5 cm³/mol. The smallest absolute Gasteiger partial charge is 0.325 e. The first-order valence-electron chi connectivity index (χ1n) is 7.18. The summed E-state index contributed by atoms with van der Waals surface area (Å²) in [5, 5.41) is 4.85. The Morgan fingerprint density at radius 3 is 2.58 bits per heavy atom. The molecule has 0 radical (unpaired) electrons. The third-order valence-electron chi connectivity index (χ3n) is 3.40. The maximum atomic E-state index is 12.2. The molecule has 0 atom stereocenters. The molecular formula is C15H16BrN3O5. The minimum atomic E-state index is -0.553. The molecule has 0 aliphatic carbocycles. The van der Waals surface area contributed by atoms with E-state index in [1.807, 2.05) is 0 Å². The van der Waals surface area contributed by atoms with E-state index in [-0.39, 0.29) is 31.4 Å². The number of rotatable bonds is 6. The van der Waals surface area contributed by atoms with Crippen LogP contribution in [0.4, 0.5) is 4.79 Å². The number of hydrogen-bond acceptors (Lipinski definition) is 5. The number of urea groups is 1. The van der Waals surface area contributed by atoms with Crippen molar-refractivity contribution < 1.29 is 23.9 Å². The molecule has 1 aromatic rings. The average Bonchev–Trinajstić information content (AvgIpc) is 2.80. The van der Waals surface area contributed by atoms with E-state index in [4.69, 9.17) is 0 Å². The summed E-state index contributed by atoms with van der Waals surface area (Å²) >= 11 is 3.27. The second-order valence-electron chi connectivity index (χ2n) is 4.99. The van der Waals surface area contributed by atoms with Gasteiger partial charge in [-0.1, -0.05) is 15.9 Å². The number of esters is 1. The Balaban J connectivity index is 1.78. The summed E-state index contributed by atoms with van der Waals surface area (Å²) in [7, 11) is 1.22. The Hall–Kier alpha value is -2.42. The van der Waals surface area contributed by atoms with Crippen molar-refractivity contribution in [2.75, 3.05) is 26.7 Å². The highest BCUT2D eigenvalue weighted by Gasteiger charge is 2.34. The molecule has 1 aromatic carbocycles. The van der Waals surface area contributed by atoms with Crippen LogP contribution < -0.4 is 10.6 Å². The van der Waals surface area contributed by atoms with Crippen molar-refractivity contribution in [1.29, 1.82) is 0 Å². The number of amides is 4. The molecule has 0 unspecified atom stereocenters. The van der Waals surface area contributed by atoms with E-state index in [2.05, 4.69) is 31.3 Å². The first kappa shape index (κ1) is 17.9. The number of methoxy groups -OCH3 is 1. The van der Waals surface area contributed by atoms with E-state index in [0.717, 1.165) is 9.37 Å². The van der Waals surface area contributed by atoms with Crippen LogP contribution in [0.2, 0.25) is 0 Å². The minimum Gasteiger partial charge on any atom is -0.468 e. The Bertz CT molecular complexity index is 692. The number of nitrogens with zero attached hydrogens (tertiary/aromatic N) is 1. The fourth-order valence-electron chi connectivity index (χ4n) is 2.19. The quantitative estimate of drug-likeness (QED) is 0.421. The number of halogens is 1. The molecule has 9 heteroatoms. The fourth-order valence-corrected chi connectivity index (χ4v) is 2.55. The monoisotopic (exact) mass is 397 g/mol. The van der Waals surface area contributed by atoms with Crippen LogP contribution >= 0.6 is 15.9 Å². The zero-order chi connectivity index (χ0) is 17.7. The Morgan fingerprint density at radius 2 is 1.88 bits per heavy atom. The van der Waals surface area contributed by atoms with Gasteiger partial charge in [-0.15, -0.1) is 0 Å². The van der Waals surface area contributed by atoms with E-state index in [1.54, 1.807) is 18.2 Å². The Kier molecular flexibility index (Phi) is 5.91. The normalized spacial score (nSPS) is 12.8. The Morgan fingerprint density at radius 1 is 1.17 bits per heavy atom. The topological polar surface area (TPSA) is 105 Å². The van der Waals surface area contributed by atoms with Gasteiger partial charge in [0.15, 0.2) is 0 Å². The van der Waals surface area contributed by atoms with Gasteiger partial charge < -0.3 is 15.4 Å². The van der Waals surface area contributed by atoms with Crippen LogP contribution in [0.15, 0.2) is 22.7 Å². The van der Waals surface area contributed by atoms with E-state index < -0.39 is 12.0 Å². The standard InChI is InChI=1S/C15H16BrN3O5/c1-24-12(20)8-18-15(23)17-5-2-6-19-13(21)10-4-3-9(16)7-11(10)14(19)22/h3-4,7H,2,5-6,8H2,1H3,(H2,17,18,23). The van der Waals surface area contributed by atoms with Gasteiger partial charge in [-0.2, -0.15) is 0 Å². The zero-order valence-corrected chi connectivity index (χ0v) is 14.5. The van der Waals surface area contributed by atoms with Crippen molar-refractivity contribution in [3.8, 4) is 0 Å². The molecule has 128 valence electrons. The summed E-state index contributed by atoms with van der Waals surface area (Å²) in [6.07, 6.45) is 0.401. The number of hydrogen-bond donors (Lipinski definition) is 2. The summed E-state index contributed by atoms with van der Waals surface area (Å²) in [6.45, 7) is 0.223. The third kappa shape index (κ3) is 4.10. The SMILES string of the molecule is COC(=O)CNC(=O)NCCCN1C(=O)c2ccc(Br)cc2C1=O. The third-order valence-corrected chi connectivity index (χ3v) is 3.89. The Labute approximate surface area is 146 Å². The maximum Gasteiger partial charge on any atom is 0.325 e.